The van der Waals surface area contributed by atoms with E-state index < -0.39 is 0 Å². The SMILES string of the molecule is CCNC(=NCc1cccc(OCc2ccccn2)c1)NCc1ccc(C)cc1OC. The van der Waals surface area contributed by atoms with Gasteiger partial charge in [-0.1, -0.05) is 30.3 Å². The summed E-state index contributed by atoms with van der Waals surface area (Å²) >= 11 is 0. The monoisotopic (exact) mass is 418 g/mol. The summed E-state index contributed by atoms with van der Waals surface area (Å²) in [5.41, 5.74) is 4.23. The molecule has 0 saturated heterocycles. The highest BCUT2D eigenvalue weighted by Gasteiger charge is 2.05. The standard InChI is InChI=1S/C25H30N4O2/c1-4-26-25(29-17-21-12-11-19(2)14-24(21)30-3)28-16-20-8-7-10-23(15-20)31-18-22-9-5-6-13-27-22/h5-15H,4,16-18H2,1-3H3,(H2,26,28,29). The lowest BCUT2D eigenvalue weighted by atomic mass is 10.1. The van der Waals surface area contributed by atoms with Crippen LogP contribution in [0.4, 0.5) is 0 Å². The maximum atomic E-state index is 5.87. The molecule has 0 atom stereocenters. The molecule has 1 aromatic heterocycles. The summed E-state index contributed by atoms with van der Waals surface area (Å²) in [6.45, 7) is 6.50. The van der Waals surface area contributed by atoms with Crippen LogP contribution in [-0.4, -0.2) is 24.6 Å². The van der Waals surface area contributed by atoms with Crippen LogP contribution in [0, 0.1) is 6.92 Å². The number of nitrogens with zero attached hydrogens (tertiary/aromatic N) is 2. The Bertz CT molecular complexity index is 990. The maximum absolute atomic E-state index is 5.87. The molecule has 0 saturated carbocycles. The van der Waals surface area contributed by atoms with Crippen molar-refractivity contribution < 1.29 is 9.47 Å². The quantitative estimate of drug-likeness (QED) is 0.402. The Morgan fingerprint density at radius 2 is 1.94 bits per heavy atom. The summed E-state index contributed by atoms with van der Waals surface area (Å²) in [4.78, 5) is 9.00. The van der Waals surface area contributed by atoms with E-state index in [0.29, 0.717) is 19.7 Å². The van der Waals surface area contributed by atoms with Crippen LogP contribution in [0.15, 0.2) is 71.9 Å². The predicted molar refractivity (Wildman–Crippen MR) is 124 cm³/mol. The Labute approximate surface area is 184 Å². The molecule has 3 aromatic rings. The highest BCUT2D eigenvalue weighted by molar-refractivity contribution is 5.79. The molecule has 2 N–H and O–H groups in total. The Morgan fingerprint density at radius 3 is 2.71 bits per heavy atom. The van der Waals surface area contributed by atoms with Crippen molar-refractivity contribution in [3.8, 4) is 11.5 Å². The van der Waals surface area contributed by atoms with Crippen LogP contribution in [0.2, 0.25) is 0 Å². The maximum Gasteiger partial charge on any atom is 0.191 e. The Kier molecular flexibility index (Phi) is 8.29. The van der Waals surface area contributed by atoms with E-state index in [2.05, 4.69) is 41.6 Å². The fourth-order valence-corrected chi connectivity index (χ4v) is 3.06. The van der Waals surface area contributed by atoms with Crippen molar-refractivity contribution in [2.75, 3.05) is 13.7 Å². The van der Waals surface area contributed by atoms with E-state index in [1.807, 2.05) is 48.5 Å². The molecule has 6 nitrogen and oxygen atoms in total. The van der Waals surface area contributed by atoms with Gasteiger partial charge in [0.15, 0.2) is 5.96 Å². The van der Waals surface area contributed by atoms with Crippen molar-refractivity contribution in [1.29, 1.82) is 0 Å². The topological polar surface area (TPSA) is 67.8 Å². The minimum atomic E-state index is 0.441. The second-order valence-corrected chi connectivity index (χ2v) is 7.12. The van der Waals surface area contributed by atoms with Gasteiger partial charge in [0, 0.05) is 24.8 Å². The van der Waals surface area contributed by atoms with Gasteiger partial charge in [0.05, 0.1) is 19.3 Å². The minimum Gasteiger partial charge on any atom is -0.496 e. The van der Waals surface area contributed by atoms with Gasteiger partial charge in [-0.05, 0) is 55.3 Å². The van der Waals surface area contributed by atoms with Crippen molar-refractivity contribution in [1.82, 2.24) is 15.6 Å². The molecule has 0 spiro atoms. The van der Waals surface area contributed by atoms with Gasteiger partial charge in [0.25, 0.3) is 0 Å². The van der Waals surface area contributed by atoms with Crippen molar-refractivity contribution >= 4 is 5.96 Å². The van der Waals surface area contributed by atoms with E-state index in [9.17, 15) is 0 Å². The summed E-state index contributed by atoms with van der Waals surface area (Å²) in [5, 5.41) is 6.67. The predicted octanol–water partition coefficient (Wildman–Crippen LogP) is 4.23. The summed E-state index contributed by atoms with van der Waals surface area (Å²) in [5.74, 6) is 2.44. The zero-order chi connectivity index (χ0) is 21.9. The van der Waals surface area contributed by atoms with Crippen LogP contribution >= 0.6 is 0 Å². The Balaban J connectivity index is 1.61. The Hall–Kier alpha value is -3.54. The number of benzene rings is 2. The highest BCUT2D eigenvalue weighted by Crippen LogP contribution is 2.19. The number of pyridine rings is 1. The van der Waals surface area contributed by atoms with Crippen LogP contribution in [-0.2, 0) is 19.7 Å². The number of nitrogens with one attached hydrogen (secondary N) is 2. The molecule has 2 aromatic carbocycles. The fraction of sp³-hybridized carbons (Fsp3) is 0.280. The van der Waals surface area contributed by atoms with E-state index in [1.54, 1.807) is 13.3 Å². The number of aliphatic imine (C=N–C) groups is 1. The van der Waals surface area contributed by atoms with Gasteiger partial charge in [0.2, 0.25) is 0 Å². The van der Waals surface area contributed by atoms with Crippen molar-refractivity contribution in [3.63, 3.8) is 0 Å². The number of ether oxygens (including phenoxy) is 2. The van der Waals surface area contributed by atoms with Crippen LogP contribution in [0.3, 0.4) is 0 Å². The molecule has 0 aliphatic rings. The zero-order valence-electron chi connectivity index (χ0n) is 18.4. The molecule has 0 unspecified atom stereocenters. The van der Waals surface area contributed by atoms with Crippen molar-refractivity contribution in [2.24, 2.45) is 4.99 Å². The average molecular weight is 419 g/mol. The first kappa shape index (κ1) is 22.2. The zero-order valence-corrected chi connectivity index (χ0v) is 18.4. The van der Waals surface area contributed by atoms with Crippen molar-refractivity contribution in [2.45, 2.75) is 33.5 Å². The lowest BCUT2D eigenvalue weighted by Crippen LogP contribution is -2.36. The molecule has 6 heteroatoms. The van der Waals surface area contributed by atoms with Gasteiger partial charge in [-0.25, -0.2) is 4.99 Å². The van der Waals surface area contributed by atoms with Crippen LogP contribution < -0.4 is 20.1 Å². The summed E-state index contributed by atoms with van der Waals surface area (Å²) in [7, 11) is 1.69. The molecule has 0 amide bonds. The van der Waals surface area contributed by atoms with Crippen LogP contribution in [0.25, 0.3) is 0 Å². The molecule has 31 heavy (non-hydrogen) atoms. The smallest absolute Gasteiger partial charge is 0.191 e. The fourth-order valence-electron chi connectivity index (χ4n) is 3.06. The number of guanidine groups is 1. The van der Waals surface area contributed by atoms with Gasteiger partial charge >= 0.3 is 0 Å². The first-order chi connectivity index (χ1) is 15.2. The van der Waals surface area contributed by atoms with Gasteiger partial charge in [-0.2, -0.15) is 0 Å². The third-order valence-corrected chi connectivity index (χ3v) is 4.66. The summed E-state index contributed by atoms with van der Waals surface area (Å²) in [6.07, 6.45) is 1.77. The second-order valence-electron chi connectivity index (χ2n) is 7.12. The molecular weight excluding hydrogens is 388 g/mol. The van der Waals surface area contributed by atoms with Gasteiger partial charge in [-0.3, -0.25) is 4.98 Å². The number of methoxy groups -OCH3 is 1. The molecule has 0 bridgehead atoms. The van der Waals surface area contributed by atoms with E-state index >= 15 is 0 Å². The Morgan fingerprint density at radius 1 is 1.03 bits per heavy atom. The van der Waals surface area contributed by atoms with Gasteiger partial charge in [-0.15, -0.1) is 0 Å². The van der Waals surface area contributed by atoms with Crippen LogP contribution in [0.5, 0.6) is 11.5 Å². The van der Waals surface area contributed by atoms with E-state index in [1.165, 1.54) is 5.56 Å². The average Bonchev–Trinajstić information content (AvgIpc) is 2.81. The molecule has 162 valence electrons. The number of aryl methyl sites for hydroxylation is 1. The van der Waals surface area contributed by atoms with Crippen molar-refractivity contribution in [3.05, 3.63) is 89.2 Å². The highest BCUT2D eigenvalue weighted by atomic mass is 16.5. The lowest BCUT2D eigenvalue weighted by Gasteiger charge is -2.14. The first-order valence-electron chi connectivity index (χ1n) is 10.4. The molecule has 1 heterocycles. The summed E-state index contributed by atoms with van der Waals surface area (Å²) < 4.78 is 11.4. The normalized spacial score (nSPS) is 11.1. The van der Waals surface area contributed by atoms with Gasteiger partial charge < -0.3 is 20.1 Å². The minimum absolute atomic E-state index is 0.441. The molecule has 0 aliphatic heterocycles. The van der Waals surface area contributed by atoms with Crippen LogP contribution in [0.1, 0.15) is 29.3 Å². The number of hydrogen-bond acceptors (Lipinski definition) is 4. The number of hydrogen-bond donors (Lipinski definition) is 2. The van der Waals surface area contributed by atoms with E-state index in [0.717, 1.165) is 40.8 Å². The largest absolute Gasteiger partial charge is 0.496 e. The third-order valence-electron chi connectivity index (χ3n) is 4.66. The molecule has 0 aliphatic carbocycles. The first-order valence-corrected chi connectivity index (χ1v) is 10.4. The third kappa shape index (κ3) is 7.03. The van der Waals surface area contributed by atoms with Gasteiger partial charge in [0.1, 0.15) is 18.1 Å². The number of rotatable bonds is 9. The lowest BCUT2D eigenvalue weighted by molar-refractivity contribution is 0.301. The number of aromatic nitrogens is 1. The van der Waals surface area contributed by atoms with E-state index in [4.69, 9.17) is 14.5 Å². The second kappa shape index (κ2) is 11.6. The van der Waals surface area contributed by atoms with E-state index in [-0.39, 0.29) is 0 Å². The molecule has 0 radical (unpaired) electrons. The molecule has 3 rings (SSSR count). The molecular formula is C25H30N4O2. The molecule has 0 fully saturated rings. The summed E-state index contributed by atoms with van der Waals surface area (Å²) in [6, 6.07) is 20.0.